The van der Waals surface area contributed by atoms with Gasteiger partial charge in [0.1, 0.15) is 0 Å². The van der Waals surface area contributed by atoms with Gasteiger partial charge in [-0.05, 0) is 26.8 Å². The fourth-order valence-electron chi connectivity index (χ4n) is 1.87. The maximum absolute atomic E-state index is 11.8. The van der Waals surface area contributed by atoms with Crippen molar-refractivity contribution in [1.29, 1.82) is 0 Å². The van der Waals surface area contributed by atoms with Gasteiger partial charge in [-0.3, -0.25) is 9.59 Å². The van der Waals surface area contributed by atoms with Gasteiger partial charge in [-0.15, -0.1) is 0 Å². The normalized spacial score (nSPS) is 20.6. The van der Waals surface area contributed by atoms with E-state index in [1.54, 1.807) is 4.90 Å². The molecule has 5 heteroatoms. The van der Waals surface area contributed by atoms with E-state index in [2.05, 4.69) is 10.6 Å². The van der Waals surface area contributed by atoms with Crippen molar-refractivity contribution in [2.45, 2.75) is 39.3 Å². The Morgan fingerprint density at radius 2 is 2.25 bits per heavy atom. The van der Waals surface area contributed by atoms with E-state index in [1.807, 2.05) is 20.8 Å². The quantitative estimate of drug-likeness (QED) is 0.679. The molecule has 1 aliphatic heterocycles. The maximum atomic E-state index is 11.8. The second kappa shape index (κ2) is 5.84. The minimum Gasteiger partial charge on any atom is -0.352 e. The molecule has 0 aromatic rings. The van der Waals surface area contributed by atoms with Gasteiger partial charge in [0.05, 0.1) is 12.6 Å². The Hall–Kier alpha value is -1.10. The average Bonchev–Trinajstić information content (AvgIpc) is 2.49. The molecule has 1 heterocycles. The Labute approximate surface area is 96.6 Å². The van der Waals surface area contributed by atoms with E-state index in [0.717, 1.165) is 13.0 Å². The predicted molar refractivity (Wildman–Crippen MR) is 61.9 cm³/mol. The summed E-state index contributed by atoms with van der Waals surface area (Å²) in [6.07, 6.45) is 0.793. The summed E-state index contributed by atoms with van der Waals surface area (Å²) < 4.78 is 0. The standard InChI is InChI=1S/C11H21N3O2/c1-4-12-9-5-6-14(11(9)16)7-10(15)13-8(2)3/h8-9,12H,4-7H2,1-3H3,(H,13,15). The van der Waals surface area contributed by atoms with E-state index in [9.17, 15) is 9.59 Å². The van der Waals surface area contributed by atoms with Crippen LogP contribution in [0.15, 0.2) is 0 Å². The third-order valence-corrected chi connectivity index (χ3v) is 2.53. The SMILES string of the molecule is CCNC1CCN(CC(=O)NC(C)C)C1=O. The number of likely N-dealkylation sites (tertiary alicyclic amines) is 1. The van der Waals surface area contributed by atoms with Crippen molar-refractivity contribution < 1.29 is 9.59 Å². The fourth-order valence-corrected chi connectivity index (χ4v) is 1.87. The molecule has 2 amide bonds. The van der Waals surface area contributed by atoms with Crippen molar-refractivity contribution in [3.63, 3.8) is 0 Å². The van der Waals surface area contributed by atoms with Crippen LogP contribution in [0.3, 0.4) is 0 Å². The molecule has 0 radical (unpaired) electrons. The van der Waals surface area contributed by atoms with Crippen LogP contribution in [0.25, 0.3) is 0 Å². The summed E-state index contributed by atoms with van der Waals surface area (Å²) in [7, 11) is 0. The Morgan fingerprint density at radius 1 is 1.56 bits per heavy atom. The summed E-state index contributed by atoms with van der Waals surface area (Å²) in [5, 5.41) is 5.90. The lowest BCUT2D eigenvalue weighted by Gasteiger charge is -2.17. The number of nitrogens with one attached hydrogen (secondary N) is 2. The van der Waals surface area contributed by atoms with Gasteiger partial charge in [0, 0.05) is 12.6 Å². The van der Waals surface area contributed by atoms with Gasteiger partial charge in [0.25, 0.3) is 0 Å². The molecule has 1 fully saturated rings. The van der Waals surface area contributed by atoms with E-state index < -0.39 is 0 Å². The van der Waals surface area contributed by atoms with Gasteiger partial charge >= 0.3 is 0 Å². The van der Waals surface area contributed by atoms with Crippen LogP contribution in [-0.2, 0) is 9.59 Å². The average molecular weight is 227 g/mol. The molecular weight excluding hydrogens is 206 g/mol. The molecule has 0 spiro atoms. The molecular formula is C11H21N3O2. The van der Waals surface area contributed by atoms with Crippen molar-refractivity contribution in [3.05, 3.63) is 0 Å². The molecule has 0 aliphatic carbocycles. The first kappa shape index (κ1) is 13.0. The van der Waals surface area contributed by atoms with Crippen LogP contribution in [0.5, 0.6) is 0 Å². The zero-order chi connectivity index (χ0) is 12.1. The number of nitrogens with zero attached hydrogens (tertiary/aromatic N) is 1. The number of carbonyl (C=O) groups excluding carboxylic acids is 2. The molecule has 0 aromatic heterocycles. The zero-order valence-electron chi connectivity index (χ0n) is 10.2. The minimum absolute atomic E-state index is 0.0424. The lowest BCUT2D eigenvalue weighted by atomic mass is 10.2. The van der Waals surface area contributed by atoms with Crippen molar-refractivity contribution in [2.24, 2.45) is 0 Å². The van der Waals surface area contributed by atoms with Crippen LogP contribution in [0, 0.1) is 0 Å². The molecule has 2 N–H and O–H groups in total. The van der Waals surface area contributed by atoms with E-state index in [4.69, 9.17) is 0 Å². The maximum Gasteiger partial charge on any atom is 0.240 e. The number of likely N-dealkylation sites (N-methyl/N-ethyl adjacent to an activating group) is 1. The Bertz CT molecular complexity index is 266. The molecule has 1 aliphatic rings. The predicted octanol–water partition coefficient (Wildman–Crippen LogP) is -0.279. The second-order valence-corrected chi connectivity index (χ2v) is 4.38. The topological polar surface area (TPSA) is 61.4 Å². The zero-order valence-corrected chi connectivity index (χ0v) is 10.2. The minimum atomic E-state index is -0.100. The van der Waals surface area contributed by atoms with Gasteiger partial charge in [-0.25, -0.2) is 0 Å². The molecule has 5 nitrogen and oxygen atoms in total. The van der Waals surface area contributed by atoms with Gasteiger partial charge in [-0.2, -0.15) is 0 Å². The van der Waals surface area contributed by atoms with Crippen LogP contribution < -0.4 is 10.6 Å². The van der Waals surface area contributed by atoms with Crippen molar-refractivity contribution in [1.82, 2.24) is 15.5 Å². The van der Waals surface area contributed by atoms with Gasteiger partial charge in [0.15, 0.2) is 0 Å². The Balaban J connectivity index is 2.39. The van der Waals surface area contributed by atoms with Crippen LogP contribution in [0.2, 0.25) is 0 Å². The third-order valence-electron chi connectivity index (χ3n) is 2.53. The van der Waals surface area contributed by atoms with Crippen LogP contribution in [0.1, 0.15) is 27.2 Å². The first-order valence-corrected chi connectivity index (χ1v) is 5.86. The monoisotopic (exact) mass is 227 g/mol. The highest BCUT2D eigenvalue weighted by Gasteiger charge is 2.31. The van der Waals surface area contributed by atoms with Gasteiger partial charge in [0.2, 0.25) is 11.8 Å². The van der Waals surface area contributed by atoms with Gasteiger partial charge < -0.3 is 15.5 Å². The first-order chi connectivity index (χ1) is 7.54. The molecule has 1 rings (SSSR count). The second-order valence-electron chi connectivity index (χ2n) is 4.38. The molecule has 0 aromatic carbocycles. The largest absolute Gasteiger partial charge is 0.352 e. The highest BCUT2D eigenvalue weighted by atomic mass is 16.2. The molecule has 1 unspecified atom stereocenters. The third kappa shape index (κ3) is 3.48. The lowest BCUT2D eigenvalue weighted by molar-refractivity contribution is -0.134. The number of carbonyl (C=O) groups is 2. The molecule has 0 bridgehead atoms. The van der Waals surface area contributed by atoms with Crippen molar-refractivity contribution in [3.8, 4) is 0 Å². The summed E-state index contributed by atoms with van der Waals surface area (Å²) in [5.74, 6) is -0.0405. The van der Waals surface area contributed by atoms with E-state index in [1.165, 1.54) is 0 Å². The number of hydrogen-bond donors (Lipinski definition) is 2. The van der Waals surface area contributed by atoms with Crippen LogP contribution >= 0.6 is 0 Å². The van der Waals surface area contributed by atoms with Crippen molar-refractivity contribution >= 4 is 11.8 Å². The van der Waals surface area contributed by atoms with E-state index in [-0.39, 0.29) is 30.4 Å². The highest BCUT2D eigenvalue weighted by molar-refractivity contribution is 5.89. The molecule has 92 valence electrons. The molecule has 1 saturated heterocycles. The summed E-state index contributed by atoms with van der Waals surface area (Å²) in [6, 6.07) is 0.0200. The fraction of sp³-hybridized carbons (Fsp3) is 0.818. The number of rotatable bonds is 5. The number of amides is 2. The first-order valence-electron chi connectivity index (χ1n) is 5.86. The van der Waals surface area contributed by atoms with Crippen molar-refractivity contribution in [2.75, 3.05) is 19.6 Å². The summed E-state index contributed by atoms with van der Waals surface area (Å²) in [6.45, 7) is 7.42. The highest BCUT2D eigenvalue weighted by Crippen LogP contribution is 2.10. The Kier molecular flexibility index (Phi) is 4.73. The summed E-state index contributed by atoms with van der Waals surface area (Å²) >= 11 is 0. The van der Waals surface area contributed by atoms with E-state index in [0.29, 0.717) is 6.54 Å². The summed E-state index contributed by atoms with van der Waals surface area (Å²) in [5.41, 5.74) is 0. The van der Waals surface area contributed by atoms with Crippen LogP contribution in [0.4, 0.5) is 0 Å². The van der Waals surface area contributed by atoms with E-state index >= 15 is 0 Å². The molecule has 0 saturated carbocycles. The van der Waals surface area contributed by atoms with Crippen LogP contribution in [-0.4, -0.2) is 48.4 Å². The molecule has 16 heavy (non-hydrogen) atoms. The lowest BCUT2D eigenvalue weighted by Crippen LogP contribution is -2.43. The Morgan fingerprint density at radius 3 is 2.81 bits per heavy atom. The van der Waals surface area contributed by atoms with Gasteiger partial charge in [-0.1, -0.05) is 6.92 Å². The molecule has 1 atom stereocenters. The summed E-state index contributed by atoms with van der Waals surface area (Å²) in [4.78, 5) is 24.9. The smallest absolute Gasteiger partial charge is 0.240 e. The number of hydrogen-bond acceptors (Lipinski definition) is 3.